The van der Waals surface area contributed by atoms with Crippen LogP contribution in [0.15, 0.2) is 40.9 Å². The lowest BCUT2D eigenvalue weighted by atomic mass is 10.0. The summed E-state index contributed by atoms with van der Waals surface area (Å²) in [6.07, 6.45) is 3.15. The smallest absolute Gasteiger partial charge is 0.410 e. The van der Waals surface area contributed by atoms with Gasteiger partial charge in [-0.3, -0.25) is 4.79 Å². The molecule has 6 nitrogen and oxygen atoms in total. The normalized spacial score (nSPS) is 18.5. The molecule has 1 aromatic carbocycles. The molecule has 0 saturated carbocycles. The monoisotopic (exact) mass is 489 g/mol. The van der Waals surface area contributed by atoms with Gasteiger partial charge in [-0.25, -0.2) is 4.79 Å². The van der Waals surface area contributed by atoms with Crippen LogP contribution in [-0.4, -0.2) is 52.5 Å². The van der Waals surface area contributed by atoms with Gasteiger partial charge in [-0.05, 0) is 25.0 Å². The predicted molar refractivity (Wildman–Crippen MR) is 110 cm³/mol. The lowest BCUT2D eigenvalue weighted by Crippen LogP contribution is -2.45. The average Bonchev–Trinajstić information content (AvgIpc) is 2.69. The summed E-state index contributed by atoms with van der Waals surface area (Å²) in [4.78, 5) is 24.1. The number of carbonyl (C=O) groups is 2. The zero-order valence-corrected chi connectivity index (χ0v) is 18.1. The van der Waals surface area contributed by atoms with E-state index in [1.807, 2.05) is 0 Å². The maximum Gasteiger partial charge on any atom is 0.410 e. The molecule has 1 fully saturated rings. The second-order valence-electron chi connectivity index (χ2n) is 7.18. The number of halogens is 3. The molecule has 0 unspecified atom stereocenters. The van der Waals surface area contributed by atoms with Crippen LogP contribution in [0, 0.1) is 0 Å². The van der Waals surface area contributed by atoms with Gasteiger partial charge in [0.05, 0.1) is 12.6 Å². The molecule has 0 bridgehead atoms. The van der Waals surface area contributed by atoms with E-state index in [2.05, 4.69) is 15.9 Å². The topological polar surface area (TPSA) is 87.1 Å². The van der Waals surface area contributed by atoms with E-state index in [1.54, 1.807) is 6.07 Å². The van der Waals surface area contributed by atoms with Crippen molar-refractivity contribution in [1.82, 2.24) is 4.90 Å². The number of alkyl halides is 2. The third kappa shape index (κ3) is 7.05. The van der Waals surface area contributed by atoms with Crippen molar-refractivity contribution in [2.24, 2.45) is 0 Å². The Morgan fingerprint density at radius 2 is 2.07 bits per heavy atom. The summed E-state index contributed by atoms with van der Waals surface area (Å²) in [6, 6.07) is 5.15. The van der Waals surface area contributed by atoms with Gasteiger partial charge >= 0.3 is 18.0 Å². The molecule has 1 saturated heterocycles. The van der Waals surface area contributed by atoms with Crippen LogP contribution in [0.4, 0.5) is 13.6 Å². The van der Waals surface area contributed by atoms with E-state index in [0.717, 1.165) is 18.9 Å². The number of hydrogen-bond donors (Lipinski definition) is 2. The van der Waals surface area contributed by atoms with Crippen LogP contribution in [0.5, 0.6) is 0 Å². The molecule has 2 rings (SSSR count). The van der Waals surface area contributed by atoms with Crippen molar-refractivity contribution in [3.8, 4) is 0 Å². The summed E-state index contributed by atoms with van der Waals surface area (Å²) < 4.78 is 34.7. The Bertz CT molecular complexity index is 759. The highest BCUT2D eigenvalue weighted by atomic mass is 79.9. The quantitative estimate of drug-likeness (QED) is 0.347. The fraction of sp³-hybridized carbons (Fsp3) is 0.524. The molecule has 2 atom stereocenters. The number of cyclic esters (lactones) is 1. The highest BCUT2D eigenvalue weighted by molar-refractivity contribution is 9.10. The molecule has 1 aliphatic heterocycles. The van der Waals surface area contributed by atoms with Gasteiger partial charge < -0.3 is 19.8 Å². The van der Waals surface area contributed by atoms with Gasteiger partial charge in [0, 0.05) is 29.4 Å². The van der Waals surface area contributed by atoms with Crippen molar-refractivity contribution in [3.63, 3.8) is 0 Å². The van der Waals surface area contributed by atoms with Crippen LogP contribution in [0.3, 0.4) is 0 Å². The van der Waals surface area contributed by atoms with Crippen LogP contribution in [0.25, 0.3) is 0 Å². The Balaban J connectivity index is 1.95. The largest absolute Gasteiger partial charge is 0.481 e. The van der Waals surface area contributed by atoms with E-state index >= 15 is 0 Å². The lowest BCUT2D eigenvalue weighted by molar-refractivity contribution is -0.137. The Morgan fingerprint density at radius 1 is 1.33 bits per heavy atom. The summed E-state index contributed by atoms with van der Waals surface area (Å²) in [6.45, 7) is 0.556. The summed E-state index contributed by atoms with van der Waals surface area (Å²) in [5.74, 6) is -4.32. The first-order chi connectivity index (χ1) is 14.2. The van der Waals surface area contributed by atoms with Gasteiger partial charge in [-0.2, -0.15) is 8.78 Å². The third-order valence-electron chi connectivity index (χ3n) is 4.91. The molecule has 9 heteroatoms. The summed E-state index contributed by atoms with van der Waals surface area (Å²) in [5, 5.41) is 18.7. The first-order valence-electron chi connectivity index (χ1n) is 9.87. The molecular weight excluding hydrogens is 464 g/mol. The van der Waals surface area contributed by atoms with Crippen LogP contribution in [-0.2, 0) is 15.5 Å². The van der Waals surface area contributed by atoms with Gasteiger partial charge in [0.2, 0.25) is 0 Å². The number of nitrogens with zero attached hydrogens (tertiary/aromatic N) is 1. The molecule has 1 heterocycles. The first-order valence-corrected chi connectivity index (χ1v) is 10.7. The first kappa shape index (κ1) is 24.3. The minimum Gasteiger partial charge on any atom is -0.481 e. The molecule has 0 aliphatic carbocycles. The van der Waals surface area contributed by atoms with Crippen molar-refractivity contribution in [2.75, 3.05) is 13.2 Å². The minimum atomic E-state index is -3.48. The highest BCUT2D eigenvalue weighted by Crippen LogP contribution is 2.34. The van der Waals surface area contributed by atoms with Crippen molar-refractivity contribution in [3.05, 3.63) is 46.5 Å². The average molecular weight is 490 g/mol. The number of amides is 1. The Kier molecular flexibility index (Phi) is 9.23. The number of aliphatic hydroxyl groups is 1. The summed E-state index contributed by atoms with van der Waals surface area (Å²) in [7, 11) is 0. The Labute approximate surface area is 182 Å². The zero-order chi connectivity index (χ0) is 22.1. The maximum absolute atomic E-state index is 14.6. The van der Waals surface area contributed by atoms with Gasteiger partial charge in [0.1, 0.15) is 6.10 Å². The summed E-state index contributed by atoms with van der Waals surface area (Å²) >= 11 is 3.15. The predicted octanol–water partition coefficient (Wildman–Crippen LogP) is 4.70. The zero-order valence-electron chi connectivity index (χ0n) is 16.5. The molecule has 166 valence electrons. The van der Waals surface area contributed by atoms with E-state index in [-0.39, 0.29) is 18.6 Å². The number of hydrogen-bond acceptors (Lipinski definition) is 4. The molecule has 0 spiro atoms. The van der Waals surface area contributed by atoms with E-state index in [1.165, 1.54) is 29.2 Å². The lowest BCUT2D eigenvalue weighted by Gasteiger charge is -2.33. The van der Waals surface area contributed by atoms with Crippen LogP contribution < -0.4 is 0 Å². The Hall–Kier alpha value is -2.00. The highest BCUT2D eigenvalue weighted by Gasteiger charge is 2.39. The molecular formula is C21H26BrF2NO5. The number of carboxylic acid groups (broad SMARTS) is 1. The molecule has 1 aliphatic rings. The van der Waals surface area contributed by atoms with Gasteiger partial charge in [-0.15, -0.1) is 0 Å². The van der Waals surface area contributed by atoms with Crippen molar-refractivity contribution in [2.45, 2.75) is 56.6 Å². The van der Waals surface area contributed by atoms with Crippen LogP contribution in [0.2, 0.25) is 0 Å². The van der Waals surface area contributed by atoms with E-state index in [0.29, 0.717) is 30.3 Å². The standard InChI is InChI=1S/C21H26BrF2NO5/c22-16-7-5-6-15(14-16)21(23,24)18(26)10-9-17-11-13-30-20(29)25(17)12-4-2-1-3-8-19(27)28/h5-7,9-10,14,17-18,26H,1-4,8,11-13H2,(H,27,28)/b10-9+/t17-,18+/m0/s1. The van der Waals surface area contributed by atoms with Crippen LogP contribution >= 0.6 is 15.9 Å². The number of aliphatic carboxylic acids is 1. The van der Waals surface area contributed by atoms with Crippen molar-refractivity contribution in [1.29, 1.82) is 0 Å². The van der Waals surface area contributed by atoms with Gasteiger partial charge in [-0.1, -0.05) is 53.1 Å². The summed E-state index contributed by atoms with van der Waals surface area (Å²) in [5.41, 5.74) is -0.310. The number of carboxylic acids is 1. The number of carbonyl (C=O) groups excluding carboxylic acids is 1. The van der Waals surface area contributed by atoms with Gasteiger partial charge in [0.15, 0.2) is 0 Å². The molecule has 0 radical (unpaired) electrons. The molecule has 1 amide bonds. The number of aliphatic hydroxyl groups excluding tert-OH is 1. The van der Waals surface area contributed by atoms with Gasteiger partial charge in [0.25, 0.3) is 0 Å². The number of ether oxygens (including phenoxy) is 1. The number of unbranched alkanes of at least 4 members (excludes halogenated alkanes) is 3. The minimum absolute atomic E-state index is 0.112. The molecule has 1 aromatic rings. The second kappa shape index (κ2) is 11.4. The second-order valence-corrected chi connectivity index (χ2v) is 8.10. The van der Waals surface area contributed by atoms with Crippen molar-refractivity contribution >= 4 is 28.0 Å². The van der Waals surface area contributed by atoms with E-state index in [9.17, 15) is 23.5 Å². The Morgan fingerprint density at radius 3 is 2.77 bits per heavy atom. The molecule has 30 heavy (non-hydrogen) atoms. The third-order valence-corrected chi connectivity index (χ3v) is 5.40. The number of rotatable bonds is 11. The maximum atomic E-state index is 14.6. The SMILES string of the molecule is O=C(O)CCCCCCN1C(=O)OCC[C@@H]1/C=C/[C@@H](O)C(F)(F)c1cccc(Br)c1. The van der Waals surface area contributed by atoms with Crippen molar-refractivity contribution < 1.29 is 33.3 Å². The fourth-order valence-electron chi connectivity index (χ4n) is 3.23. The van der Waals surface area contributed by atoms with Crippen LogP contribution in [0.1, 0.15) is 44.1 Å². The molecule has 0 aromatic heterocycles. The van der Waals surface area contributed by atoms with E-state index in [4.69, 9.17) is 9.84 Å². The fourth-order valence-corrected chi connectivity index (χ4v) is 3.63. The number of benzene rings is 1. The molecule has 2 N–H and O–H groups in total. The van der Waals surface area contributed by atoms with E-state index < -0.39 is 30.1 Å².